The highest BCUT2D eigenvalue weighted by molar-refractivity contribution is 7.13. The minimum Gasteiger partial charge on any atom is -0.371 e. The van der Waals surface area contributed by atoms with E-state index in [4.69, 9.17) is 0 Å². The maximum Gasteiger partial charge on any atom is 0.259 e. The molecular weight excluding hydrogens is 396 g/mol. The van der Waals surface area contributed by atoms with Gasteiger partial charge in [-0.2, -0.15) is 0 Å². The summed E-state index contributed by atoms with van der Waals surface area (Å²) < 4.78 is 0. The fourth-order valence-electron chi connectivity index (χ4n) is 4.36. The van der Waals surface area contributed by atoms with E-state index in [0.717, 1.165) is 38.4 Å². The normalized spacial score (nSPS) is 16.5. The molecule has 1 saturated heterocycles. The fourth-order valence-corrected chi connectivity index (χ4v) is 4.80. The number of pyridine rings is 1. The van der Waals surface area contributed by atoms with Gasteiger partial charge in [-0.25, -0.2) is 4.98 Å². The van der Waals surface area contributed by atoms with Crippen LogP contribution < -0.4 is 15.1 Å². The lowest BCUT2D eigenvalue weighted by atomic mass is 9.96. The first-order valence-electron chi connectivity index (χ1n) is 10.4. The molecule has 0 radical (unpaired) electrons. The summed E-state index contributed by atoms with van der Waals surface area (Å²) in [6.45, 7) is 4.29. The van der Waals surface area contributed by atoms with Crippen LogP contribution in [0.5, 0.6) is 0 Å². The van der Waals surface area contributed by atoms with Gasteiger partial charge < -0.3 is 9.80 Å². The number of hydrogen-bond acceptors (Lipinski definition) is 7. The van der Waals surface area contributed by atoms with Gasteiger partial charge in [0, 0.05) is 38.1 Å². The third kappa shape index (κ3) is 4.00. The number of para-hydroxylation sites is 1. The van der Waals surface area contributed by atoms with Gasteiger partial charge in [-0.05, 0) is 48.9 Å². The van der Waals surface area contributed by atoms with Gasteiger partial charge in [0.1, 0.15) is 11.3 Å². The summed E-state index contributed by atoms with van der Waals surface area (Å²) in [5.41, 5.74) is 5.01. The van der Waals surface area contributed by atoms with Crippen molar-refractivity contribution >= 4 is 33.9 Å². The van der Waals surface area contributed by atoms with Crippen molar-refractivity contribution in [3.05, 3.63) is 59.2 Å². The van der Waals surface area contributed by atoms with Crippen molar-refractivity contribution in [3.63, 3.8) is 0 Å². The summed E-state index contributed by atoms with van der Waals surface area (Å²) >= 11 is 1.29. The number of aromatic nitrogens is 3. The zero-order valence-corrected chi connectivity index (χ0v) is 17.5. The van der Waals surface area contributed by atoms with Crippen molar-refractivity contribution in [1.29, 1.82) is 0 Å². The predicted octanol–water partition coefficient (Wildman–Crippen LogP) is 3.46. The lowest BCUT2D eigenvalue weighted by molar-refractivity contribution is 0.102. The molecule has 8 heteroatoms. The Morgan fingerprint density at radius 3 is 2.77 bits per heavy atom. The number of nitrogens with one attached hydrogen (secondary N) is 1. The molecule has 0 saturated carbocycles. The molecule has 0 unspecified atom stereocenters. The quantitative estimate of drug-likeness (QED) is 0.681. The van der Waals surface area contributed by atoms with E-state index >= 15 is 0 Å². The van der Waals surface area contributed by atoms with Crippen molar-refractivity contribution in [2.45, 2.75) is 19.3 Å². The molecule has 3 aromatic rings. The number of carbonyl (C=O) groups excluding carboxylic acids is 1. The largest absolute Gasteiger partial charge is 0.371 e. The van der Waals surface area contributed by atoms with E-state index in [0.29, 0.717) is 16.6 Å². The number of rotatable bonds is 5. The van der Waals surface area contributed by atoms with E-state index in [1.165, 1.54) is 35.4 Å². The van der Waals surface area contributed by atoms with Gasteiger partial charge in [0.05, 0.1) is 5.56 Å². The van der Waals surface area contributed by atoms with Gasteiger partial charge in [0.15, 0.2) is 0 Å². The van der Waals surface area contributed by atoms with Crippen LogP contribution in [0, 0.1) is 5.92 Å². The van der Waals surface area contributed by atoms with Crippen LogP contribution in [-0.4, -0.2) is 47.3 Å². The molecular formula is C22H24N6OS. The Kier molecular flexibility index (Phi) is 5.31. The summed E-state index contributed by atoms with van der Waals surface area (Å²) in [4.78, 5) is 21.7. The molecule has 1 aromatic carbocycles. The van der Waals surface area contributed by atoms with Gasteiger partial charge >= 0.3 is 0 Å². The van der Waals surface area contributed by atoms with Crippen LogP contribution >= 0.6 is 11.3 Å². The van der Waals surface area contributed by atoms with Crippen LogP contribution in [0.1, 0.15) is 28.8 Å². The van der Waals surface area contributed by atoms with E-state index in [2.05, 4.69) is 54.6 Å². The van der Waals surface area contributed by atoms with Crippen molar-refractivity contribution in [1.82, 2.24) is 15.2 Å². The molecule has 7 nitrogen and oxygen atoms in total. The lowest BCUT2D eigenvalue weighted by Gasteiger charge is -2.35. The highest BCUT2D eigenvalue weighted by Crippen LogP contribution is 2.30. The molecule has 1 N–H and O–H groups in total. The SMILES string of the molecule is O=C(Nc1nncs1)c1ccc(N2CCC(CN3CCc4ccccc43)CC2)nc1. The molecule has 154 valence electrons. The maximum absolute atomic E-state index is 12.3. The van der Waals surface area contributed by atoms with Crippen LogP contribution in [0.3, 0.4) is 0 Å². The van der Waals surface area contributed by atoms with Crippen LogP contribution in [0.4, 0.5) is 16.6 Å². The average Bonchev–Trinajstić information content (AvgIpc) is 3.45. The van der Waals surface area contributed by atoms with Crippen molar-refractivity contribution in [2.75, 3.05) is 41.3 Å². The molecule has 30 heavy (non-hydrogen) atoms. The van der Waals surface area contributed by atoms with Crippen molar-refractivity contribution in [2.24, 2.45) is 5.92 Å². The van der Waals surface area contributed by atoms with E-state index in [1.807, 2.05) is 12.1 Å². The summed E-state index contributed by atoms with van der Waals surface area (Å²) in [6, 6.07) is 12.5. The van der Waals surface area contributed by atoms with Crippen LogP contribution in [0.25, 0.3) is 0 Å². The first-order chi connectivity index (χ1) is 14.8. The Balaban J connectivity index is 1.15. The van der Waals surface area contributed by atoms with Crippen molar-refractivity contribution < 1.29 is 4.79 Å². The molecule has 0 bridgehead atoms. The minimum atomic E-state index is -0.213. The second-order valence-corrected chi connectivity index (χ2v) is 8.69. The molecule has 2 aliphatic heterocycles. The number of nitrogens with zero attached hydrogens (tertiary/aromatic N) is 5. The van der Waals surface area contributed by atoms with Gasteiger partial charge in [0.2, 0.25) is 5.13 Å². The Morgan fingerprint density at radius 2 is 2.00 bits per heavy atom. The topological polar surface area (TPSA) is 74.2 Å². The van der Waals surface area contributed by atoms with E-state index in [-0.39, 0.29) is 5.91 Å². The van der Waals surface area contributed by atoms with E-state index in [1.54, 1.807) is 11.7 Å². The highest BCUT2D eigenvalue weighted by Gasteiger charge is 2.25. The van der Waals surface area contributed by atoms with E-state index < -0.39 is 0 Å². The Hall–Kier alpha value is -3.00. The standard InChI is InChI=1S/C22H24N6OS/c29-21(25-22-26-24-15-30-22)18-5-6-20(23-13-18)27-10-7-16(8-11-27)14-28-12-9-17-3-1-2-4-19(17)28/h1-6,13,15-16H,7-12,14H2,(H,25,26,29). The Labute approximate surface area is 179 Å². The first kappa shape index (κ1) is 19.0. The summed E-state index contributed by atoms with van der Waals surface area (Å²) in [5, 5.41) is 10.8. The molecule has 1 amide bonds. The number of piperidine rings is 1. The molecule has 0 aliphatic carbocycles. The molecule has 0 atom stereocenters. The number of anilines is 3. The van der Waals surface area contributed by atoms with E-state index in [9.17, 15) is 4.79 Å². The van der Waals surface area contributed by atoms with Crippen LogP contribution in [0.2, 0.25) is 0 Å². The number of benzene rings is 1. The number of carbonyl (C=O) groups is 1. The third-order valence-corrected chi connectivity index (χ3v) is 6.60. The van der Waals surface area contributed by atoms with Crippen molar-refractivity contribution in [3.8, 4) is 0 Å². The number of amides is 1. The highest BCUT2D eigenvalue weighted by atomic mass is 32.1. The number of hydrogen-bond donors (Lipinski definition) is 1. The number of fused-ring (bicyclic) bond motifs is 1. The molecule has 5 rings (SSSR count). The first-order valence-corrected chi connectivity index (χ1v) is 11.3. The van der Waals surface area contributed by atoms with Crippen LogP contribution in [0.15, 0.2) is 48.1 Å². The van der Waals surface area contributed by atoms with Gasteiger partial charge in [-0.3, -0.25) is 10.1 Å². The molecule has 0 spiro atoms. The fraction of sp³-hybridized carbons (Fsp3) is 0.364. The summed E-state index contributed by atoms with van der Waals surface area (Å²) in [7, 11) is 0. The molecule has 4 heterocycles. The third-order valence-electron chi connectivity index (χ3n) is 5.99. The smallest absolute Gasteiger partial charge is 0.259 e. The molecule has 2 aliphatic rings. The van der Waals surface area contributed by atoms with Gasteiger partial charge in [-0.1, -0.05) is 29.5 Å². The zero-order chi connectivity index (χ0) is 20.3. The summed E-state index contributed by atoms with van der Waals surface area (Å²) in [5.74, 6) is 1.44. The predicted molar refractivity (Wildman–Crippen MR) is 119 cm³/mol. The monoisotopic (exact) mass is 420 g/mol. The Bertz CT molecular complexity index is 999. The molecule has 2 aromatic heterocycles. The average molecular weight is 421 g/mol. The lowest BCUT2D eigenvalue weighted by Crippen LogP contribution is -2.38. The van der Waals surface area contributed by atoms with Crippen LogP contribution in [-0.2, 0) is 6.42 Å². The van der Waals surface area contributed by atoms with Gasteiger partial charge in [-0.15, -0.1) is 10.2 Å². The Morgan fingerprint density at radius 1 is 1.13 bits per heavy atom. The minimum absolute atomic E-state index is 0.213. The second kappa shape index (κ2) is 8.39. The van der Waals surface area contributed by atoms with Gasteiger partial charge in [0.25, 0.3) is 5.91 Å². The zero-order valence-electron chi connectivity index (χ0n) is 16.7. The molecule has 1 fully saturated rings. The maximum atomic E-state index is 12.3. The second-order valence-electron chi connectivity index (χ2n) is 7.86. The summed E-state index contributed by atoms with van der Waals surface area (Å²) in [6.07, 6.45) is 5.14.